The minimum absolute atomic E-state index is 0.177. The summed E-state index contributed by atoms with van der Waals surface area (Å²) in [6.07, 6.45) is 0. The highest BCUT2D eigenvalue weighted by atomic mass is 35.5. The molecule has 1 heterocycles. The highest BCUT2D eigenvalue weighted by Gasteiger charge is 2.05. The molecule has 0 aliphatic rings. The van der Waals surface area contributed by atoms with Gasteiger partial charge in [0.15, 0.2) is 0 Å². The molecule has 1 N–H and O–H groups in total. The van der Waals surface area contributed by atoms with Gasteiger partial charge < -0.3 is 4.98 Å². The Hall–Kier alpha value is -1.06. The smallest absolute Gasteiger partial charge is 0.258 e. The summed E-state index contributed by atoms with van der Waals surface area (Å²) in [6, 6.07) is 3.40. The van der Waals surface area contributed by atoms with Crippen LogP contribution < -0.4 is 5.56 Å². The Bertz CT molecular complexity index is 577. The normalized spacial score (nSPS) is 10.9. The molecule has 0 aliphatic heterocycles. The van der Waals surface area contributed by atoms with Crippen LogP contribution in [-0.2, 0) is 5.88 Å². The fourth-order valence-electron chi connectivity index (χ4n) is 1.38. The third-order valence-corrected chi connectivity index (χ3v) is 2.82. The SMILES string of the molecule is Cc1cc2c(=O)[nH]c(CCl)nc2cc1Cl. The Morgan fingerprint density at radius 3 is 2.87 bits per heavy atom. The summed E-state index contributed by atoms with van der Waals surface area (Å²) in [5, 5.41) is 1.13. The number of aryl methyl sites for hydroxylation is 1. The van der Waals surface area contributed by atoms with Crippen LogP contribution in [0, 0.1) is 6.92 Å². The first-order valence-electron chi connectivity index (χ1n) is 4.37. The molecule has 0 amide bonds. The summed E-state index contributed by atoms with van der Waals surface area (Å²) in [4.78, 5) is 18.4. The Morgan fingerprint density at radius 2 is 2.20 bits per heavy atom. The van der Waals surface area contributed by atoms with Crippen molar-refractivity contribution >= 4 is 34.1 Å². The Labute approximate surface area is 96.1 Å². The zero-order chi connectivity index (χ0) is 11.0. The maximum atomic E-state index is 11.6. The predicted octanol–water partition coefficient (Wildman–Crippen LogP) is 2.62. The molecule has 5 heteroatoms. The van der Waals surface area contributed by atoms with Crippen LogP contribution in [0.15, 0.2) is 16.9 Å². The molecule has 1 aromatic heterocycles. The van der Waals surface area contributed by atoms with Crippen molar-refractivity contribution in [3.63, 3.8) is 0 Å². The monoisotopic (exact) mass is 242 g/mol. The van der Waals surface area contributed by atoms with E-state index in [-0.39, 0.29) is 11.4 Å². The third kappa shape index (κ3) is 1.85. The first-order valence-corrected chi connectivity index (χ1v) is 5.28. The molecule has 0 unspecified atom stereocenters. The van der Waals surface area contributed by atoms with Gasteiger partial charge in [0, 0.05) is 5.02 Å². The second kappa shape index (κ2) is 3.83. The molecule has 2 rings (SSSR count). The van der Waals surface area contributed by atoms with Crippen LogP contribution in [0.5, 0.6) is 0 Å². The lowest BCUT2D eigenvalue weighted by Crippen LogP contribution is -2.11. The van der Waals surface area contributed by atoms with Crippen molar-refractivity contribution in [3.05, 3.63) is 38.9 Å². The van der Waals surface area contributed by atoms with Gasteiger partial charge in [-0.25, -0.2) is 4.98 Å². The number of aromatic nitrogens is 2. The summed E-state index contributed by atoms with van der Waals surface area (Å²) in [5.74, 6) is 0.630. The Morgan fingerprint density at radius 1 is 1.47 bits per heavy atom. The highest BCUT2D eigenvalue weighted by Crippen LogP contribution is 2.19. The van der Waals surface area contributed by atoms with E-state index >= 15 is 0 Å². The predicted molar refractivity (Wildman–Crippen MR) is 61.7 cm³/mol. The van der Waals surface area contributed by atoms with Crippen molar-refractivity contribution in [2.24, 2.45) is 0 Å². The maximum Gasteiger partial charge on any atom is 0.258 e. The van der Waals surface area contributed by atoms with Crippen LogP contribution >= 0.6 is 23.2 Å². The summed E-state index contributed by atoms with van der Waals surface area (Å²) < 4.78 is 0. The number of aromatic amines is 1. The van der Waals surface area contributed by atoms with Gasteiger partial charge in [0.2, 0.25) is 0 Å². The van der Waals surface area contributed by atoms with Gasteiger partial charge in [-0.1, -0.05) is 11.6 Å². The highest BCUT2D eigenvalue weighted by molar-refractivity contribution is 6.32. The van der Waals surface area contributed by atoms with E-state index in [9.17, 15) is 4.79 Å². The molecule has 0 spiro atoms. The van der Waals surface area contributed by atoms with E-state index in [2.05, 4.69) is 9.97 Å². The van der Waals surface area contributed by atoms with Gasteiger partial charge >= 0.3 is 0 Å². The van der Waals surface area contributed by atoms with E-state index in [1.807, 2.05) is 6.92 Å². The molecule has 15 heavy (non-hydrogen) atoms. The van der Waals surface area contributed by atoms with Gasteiger partial charge in [-0.15, -0.1) is 11.6 Å². The molecule has 0 radical (unpaired) electrons. The second-order valence-corrected chi connectivity index (χ2v) is 3.94. The quantitative estimate of drug-likeness (QED) is 0.782. The summed E-state index contributed by atoms with van der Waals surface area (Å²) in [7, 11) is 0. The van der Waals surface area contributed by atoms with Crippen LogP contribution in [0.3, 0.4) is 0 Å². The minimum atomic E-state index is -0.185. The van der Waals surface area contributed by atoms with Crippen LogP contribution in [0.1, 0.15) is 11.4 Å². The lowest BCUT2D eigenvalue weighted by molar-refractivity contribution is 1.03. The van der Waals surface area contributed by atoms with Crippen LogP contribution in [0.25, 0.3) is 10.9 Å². The molecule has 2 aromatic rings. The van der Waals surface area contributed by atoms with E-state index in [1.54, 1.807) is 12.1 Å². The largest absolute Gasteiger partial charge is 0.309 e. The molecular formula is C10H8Cl2N2O. The second-order valence-electron chi connectivity index (χ2n) is 3.26. The summed E-state index contributed by atoms with van der Waals surface area (Å²) in [5.41, 5.74) is 1.25. The first-order chi connectivity index (χ1) is 7.11. The molecular weight excluding hydrogens is 235 g/mol. The number of nitrogens with one attached hydrogen (secondary N) is 1. The number of hydrogen-bond acceptors (Lipinski definition) is 2. The van der Waals surface area contributed by atoms with Gasteiger partial charge in [-0.3, -0.25) is 4.79 Å². The number of benzene rings is 1. The van der Waals surface area contributed by atoms with E-state index in [4.69, 9.17) is 23.2 Å². The number of alkyl halides is 1. The number of rotatable bonds is 1. The molecule has 0 atom stereocenters. The van der Waals surface area contributed by atoms with Crippen LogP contribution in [0.4, 0.5) is 0 Å². The molecule has 0 bridgehead atoms. The minimum Gasteiger partial charge on any atom is -0.309 e. The molecule has 78 valence electrons. The Kier molecular flexibility index (Phi) is 2.67. The van der Waals surface area contributed by atoms with Gasteiger partial charge in [0.25, 0.3) is 5.56 Å². The molecule has 3 nitrogen and oxygen atoms in total. The fourth-order valence-corrected chi connectivity index (χ4v) is 1.66. The van der Waals surface area contributed by atoms with Gasteiger partial charge in [0.1, 0.15) is 5.82 Å². The first kappa shape index (κ1) is 10.5. The van der Waals surface area contributed by atoms with E-state index < -0.39 is 0 Å². The van der Waals surface area contributed by atoms with E-state index in [0.717, 1.165) is 5.56 Å². The van der Waals surface area contributed by atoms with Crippen molar-refractivity contribution in [1.82, 2.24) is 9.97 Å². The van der Waals surface area contributed by atoms with Gasteiger partial charge in [-0.2, -0.15) is 0 Å². The van der Waals surface area contributed by atoms with Crippen molar-refractivity contribution in [1.29, 1.82) is 0 Å². The van der Waals surface area contributed by atoms with Gasteiger partial charge in [0.05, 0.1) is 16.8 Å². The summed E-state index contributed by atoms with van der Waals surface area (Å²) in [6.45, 7) is 1.84. The molecule has 1 aromatic carbocycles. The van der Waals surface area contributed by atoms with Crippen molar-refractivity contribution in [2.75, 3.05) is 0 Å². The fraction of sp³-hybridized carbons (Fsp3) is 0.200. The van der Waals surface area contributed by atoms with Crippen molar-refractivity contribution in [3.8, 4) is 0 Å². The average Bonchev–Trinajstić information content (AvgIpc) is 2.21. The van der Waals surface area contributed by atoms with Gasteiger partial charge in [-0.05, 0) is 24.6 Å². The molecule has 0 saturated carbocycles. The maximum absolute atomic E-state index is 11.6. The van der Waals surface area contributed by atoms with E-state index in [1.165, 1.54) is 0 Å². The van der Waals surface area contributed by atoms with Crippen molar-refractivity contribution in [2.45, 2.75) is 12.8 Å². The molecule has 0 aliphatic carbocycles. The number of H-pyrrole nitrogens is 1. The standard InChI is InChI=1S/C10H8Cl2N2O/c1-5-2-6-8(3-7(5)12)13-9(4-11)14-10(6)15/h2-3H,4H2,1H3,(H,13,14,15). The number of hydrogen-bond donors (Lipinski definition) is 1. The van der Waals surface area contributed by atoms with Crippen LogP contribution in [-0.4, -0.2) is 9.97 Å². The zero-order valence-electron chi connectivity index (χ0n) is 7.97. The Balaban J connectivity index is 2.86. The number of nitrogens with zero attached hydrogens (tertiary/aromatic N) is 1. The number of halogens is 2. The molecule has 0 fully saturated rings. The van der Waals surface area contributed by atoms with Crippen molar-refractivity contribution < 1.29 is 0 Å². The number of fused-ring (bicyclic) bond motifs is 1. The lowest BCUT2D eigenvalue weighted by atomic mass is 10.1. The third-order valence-electron chi connectivity index (χ3n) is 2.16. The zero-order valence-corrected chi connectivity index (χ0v) is 9.49. The molecule has 0 saturated heterocycles. The topological polar surface area (TPSA) is 45.8 Å². The summed E-state index contributed by atoms with van der Waals surface area (Å²) >= 11 is 11.6. The van der Waals surface area contributed by atoms with Crippen LogP contribution in [0.2, 0.25) is 5.02 Å². The average molecular weight is 243 g/mol. The van der Waals surface area contributed by atoms with E-state index in [0.29, 0.717) is 21.7 Å². The lowest BCUT2D eigenvalue weighted by Gasteiger charge is -2.02.